The first-order valence-corrected chi connectivity index (χ1v) is 9.79. The number of amides is 1. The van der Waals surface area contributed by atoms with Crippen LogP contribution in [0.4, 0.5) is 0 Å². The quantitative estimate of drug-likeness (QED) is 0.781. The van der Waals surface area contributed by atoms with Gasteiger partial charge in [-0.2, -0.15) is 0 Å². The lowest BCUT2D eigenvalue weighted by Gasteiger charge is -2.38. The number of hydrogen-bond donors (Lipinski definition) is 0. The van der Waals surface area contributed by atoms with E-state index < -0.39 is 6.10 Å². The van der Waals surface area contributed by atoms with E-state index in [-0.39, 0.29) is 5.91 Å². The third-order valence-electron chi connectivity index (χ3n) is 5.21. The topological polar surface area (TPSA) is 32.8 Å². The Bertz CT molecular complexity index is 579. The van der Waals surface area contributed by atoms with Gasteiger partial charge in [0.15, 0.2) is 6.10 Å². The van der Waals surface area contributed by atoms with Crippen LogP contribution in [0.1, 0.15) is 38.2 Å². The maximum atomic E-state index is 12.7. The van der Waals surface area contributed by atoms with Crippen molar-refractivity contribution in [1.29, 1.82) is 0 Å². The molecule has 2 aliphatic rings. The third kappa shape index (κ3) is 4.12. The molecule has 0 spiro atoms. The van der Waals surface area contributed by atoms with E-state index in [9.17, 15) is 4.79 Å². The molecule has 132 valence electrons. The van der Waals surface area contributed by atoms with Crippen molar-refractivity contribution in [2.45, 2.75) is 51.7 Å². The summed E-state index contributed by atoms with van der Waals surface area (Å²) in [6.07, 6.45) is 4.92. The van der Waals surface area contributed by atoms with Crippen molar-refractivity contribution < 1.29 is 9.53 Å². The minimum Gasteiger partial charge on any atom is -0.480 e. The van der Waals surface area contributed by atoms with Gasteiger partial charge in [-0.05, 0) is 60.3 Å². The molecule has 0 radical (unpaired) electrons. The van der Waals surface area contributed by atoms with Crippen molar-refractivity contribution in [2.75, 3.05) is 26.2 Å². The second-order valence-electron chi connectivity index (χ2n) is 6.99. The molecule has 0 N–H and O–H groups in total. The highest BCUT2D eigenvalue weighted by atomic mass is 79.9. The SMILES string of the molecule is Cc1ccc(OC(C)C(=O)N2CCN(C3CCCC3)CC2)c(Br)c1. The molecule has 0 bridgehead atoms. The smallest absolute Gasteiger partial charge is 0.263 e. The zero-order valence-electron chi connectivity index (χ0n) is 14.6. The normalized spacial score (nSPS) is 21.0. The van der Waals surface area contributed by atoms with Crippen molar-refractivity contribution in [3.8, 4) is 5.75 Å². The highest BCUT2D eigenvalue weighted by Gasteiger charge is 2.30. The molecule has 1 atom stereocenters. The van der Waals surface area contributed by atoms with E-state index in [1.54, 1.807) is 0 Å². The number of halogens is 1. The van der Waals surface area contributed by atoms with E-state index in [4.69, 9.17) is 4.74 Å². The van der Waals surface area contributed by atoms with Gasteiger partial charge >= 0.3 is 0 Å². The third-order valence-corrected chi connectivity index (χ3v) is 5.83. The number of nitrogens with zero attached hydrogens (tertiary/aromatic N) is 2. The summed E-state index contributed by atoms with van der Waals surface area (Å²) in [5.41, 5.74) is 1.16. The number of carbonyl (C=O) groups is 1. The molecule has 1 aliphatic carbocycles. The van der Waals surface area contributed by atoms with E-state index in [1.807, 2.05) is 36.9 Å². The minimum atomic E-state index is -0.456. The van der Waals surface area contributed by atoms with Crippen molar-refractivity contribution >= 4 is 21.8 Å². The number of aryl methyl sites for hydroxylation is 1. The van der Waals surface area contributed by atoms with E-state index in [2.05, 4.69) is 20.8 Å². The summed E-state index contributed by atoms with van der Waals surface area (Å²) in [7, 11) is 0. The number of benzene rings is 1. The molecular formula is C19H27BrN2O2. The molecule has 2 fully saturated rings. The van der Waals surface area contributed by atoms with Crippen molar-refractivity contribution in [2.24, 2.45) is 0 Å². The van der Waals surface area contributed by atoms with Crippen LogP contribution >= 0.6 is 15.9 Å². The Morgan fingerprint density at radius 2 is 1.88 bits per heavy atom. The van der Waals surface area contributed by atoms with E-state index >= 15 is 0 Å². The Kier molecular flexibility index (Phi) is 5.82. The van der Waals surface area contributed by atoms with Gasteiger partial charge in [0, 0.05) is 32.2 Å². The maximum Gasteiger partial charge on any atom is 0.263 e. The Balaban J connectivity index is 1.52. The summed E-state index contributed by atoms with van der Waals surface area (Å²) in [6, 6.07) is 6.67. The predicted octanol–water partition coefficient (Wildman–Crippen LogP) is 3.61. The van der Waals surface area contributed by atoms with Gasteiger partial charge in [-0.15, -0.1) is 0 Å². The van der Waals surface area contributed by atoms with Crippen LogP contribution in [0.25, 0.3) is 0 Å². The number of hydrogen-bond acceptors (Lipinski definition) is 3. The van der Waals surface area contributed by atoms with Crippen LogP contribution in [0.3, 0.4) is 0 Å². The number of ether oxygens (including phenoxy) is 1. The number of rotatable bonds is 4. The summed E-state index contributed by atoms with van der Waals surface area (Å²) in [5.74, 6) is 0.819. The monoisotopic (exact) mass is 394 g/mol. The first-order chi connectivity index (χ1) is 11.5. The first-order valence-electron chi connectivity index (χ1n) is 9.00. The zero-order chi connectivity index (χ0) is 17.1. The molecule has 1 aromatic rings. The molecule has 1 saturated carbocycles. The van der Waals surface area contributed by atoms with Crippen molar-refractivity contribution in [3.05, 3.63) is 28.2 Å². The fraction of sp³-hybridized carbons (Fsp3) is 0.632. The lowest BCUT2D eigenvalue weighted by Crippen LogP contribution is -2.53. The summed E-state index contributed by atoms with van der Waals surface area (Å²) in [6.45, 7) is 7.51. The molecule has 1 aromatic carbocycles. The number of carbonyl (C=O) groups excluding carboxylic acids is 1. The van der Waals surface area contributed by atoms with Gasteiger partial charge in [-0.3, -0.25) is 9.69 Å². The average molecular weight is 395 g/mol. The van der Waals surface area contributed by atoms with Gasteiger partial charge in [-0.25, -0.2) is 0 Å². The largest absolute Gasteiger partial charge is 0.480 e. The molecular weight excluding hydrogens is 368 g/mol. The molecule has 1 aliphatic heterocycles. The fourth-order valence-corrected chi connectivity index (χ4v) is 4.36. The Morgan fingerprint density at radius 1 is 1.21 bits per heavy atom. The minimum absolute atomic E-state index is 0.0912. The summed E-state index contributed by atoms with van der Waals surface area (Å²) < 4.78 is 6.79. The number of piperazine rings is 1. The van der Waals surface area contributed by atoms with Gasteiger partial charge in [0.2, 0.25) is 0 Å². The van der Waals surface area contributed by atoms with Crippen LogP contribution in [0.5, 0.6) is 5.75 Å². The highest BCUT2D eigenvalue weighted by Crippen LogP contribution is 2.27. The van der Waals surface area contributed by atoms with Gasteiger partial charge in [0.05, 0.1) is 4.47 Å². The van der Waals surface area contributed by atoms with Crippen LogP contribution < -0.4 is 4.74 Å². The molecule has 5 heteroatoms. The van der Waals surface area contributed by atoms with E-state index in [1.165, 1.54) is 25.7 Å². The molecule has 0 aromatic heterocycles. The Labute approximate surface area is 153 Å². The van der Waals surface area contributed by atoms with Gasteiger partial charge in [0.25, 0.3) is 5.91 Å². The summed E-state index contributed by atoms with van der Waals surface area (Å²) in [5, 5.41) is 0. The second kappa shape index (κ2) is 7.87. The van der Waals surface area contributed by atoms with E-state index in [0.717, 1.165) is 48.0 Å². The summed E-state index contributed by atoms with van der Waals surface area (Å²) >= 11 is 3.51. The maximum absolute atomic E-state index is 12.7. The molecule has 4 nitrogen and oxygen atoms in total. The van der Waals surface area contributed by atoms with Gasteiger partial charge in [0.1, 0.15) is 5.75 Å². The van der Waals surface area contributed by atoms with E-state index in [0.29, 0.717) is 0 Å². The van der Waals surface area contributed by atoms with Crippen LogP contribution in [0.15, 0.2) is 22.7 Å². The van der Waals surface area contributed by atoms with Gasteiger partial charge < -0.3 is 9.64 Å². The molecule has 1 saturated heterocycles. The van der Waals surface area contributed by atoms with Crippen LogP contribution in [0, 0.1) is 6.92 Å². The zero-order valence-corrected chi connectivity index (χ0v) is 16.2. The molecule has 1 amide bonds. The standard InChI is InChI=1S/C19H27BrN2O2/c1-14-7-8-18(17(20)13-14)24-15(2)19(23)22-11-9-21(10-12-22)16-5-3-4-6-16/h7-8,13,15-16H,3-6,9-12H2,1-2H3. The van der Waals surface area contributed by atoms with Crippen molar-refractivity contribution in [3.63, 3.8) is 0 Å². The molecule has 3 rings (SSSR count). The van der Waals surface area contributed by atoms with Gasteiger partial charge in [-0.1, -0.05) is 18.9 Å². The average Bonchev–Trinajstić information content (AvgIpc) is 3.11. The van der Waals surface area contributed by atoms with Crippen LogP contribution in [-0.4, -0.2) is 54.0 Å². The summed E-state index contributed by atoms with van der Waals surface area (Å²) in [4.78, 5) is 17.2. The second-order valence-corrected chi connectivity index (χ2v) is 7.85. The van der Waals surface area contributed by atoms with Crippen LogP contribution in [0.2, 0.25) is 0 Å². The van der Waals surface area contributed by atoms with Crippen LogP contribution in [-0.2, 0) is 4.79 Å². The highest BCUT2D eigenvalue weighted by molar-refractivity contribution is 9.10. The molecule has 24 heavy (non-hydrogen) atoms. The molecule has 1 heterocycles. The fourth-order valence-electron chi connectivity index (χ4n) is 3.78. The predicted molar refractivity (Wildman–Crippen MR) is 99.4 cm³/mol. The lowest BCUT2D eigenvalue weighted by atomic mass is 10.1. The molecule has 1 unspecified atom stereocenters. The Morgan fingerprint density at radius 3 is 2.50 bits per heavy atom. The first kappa shape index (κ1) is 17.7. The Hall–Kier alpha value is -1.07. The van der Waals surface area contributed by atoms with Crippen molar-refractivity contribution in [1.82, 2.24) is 9.80 Å². The lowest BCUT2D eigenvalue weighted by molar-refractivity contribution is -0.140.